The molecule has 0 bridgehead atoms. The van der Waals surface area contributed by atoms with Crippen LogP contribution in [0, 0.1) is 0 Å². The molecule has 1 aromatic heterocycles. The molecule has 0 aliphatic heterocycles. The molecule has 1 N–H and O–H groups in total. The van der Waals surface area contributed by atoms with Crippen molar-refractivity contribution in [3.05, 3.63) is 65.0 Å². The molecule has 3 rings (SSSR count). The second kappa shape index (κ2) is 7.35. The first-order valence-electron chi connectivity index (χ1n) is 7.16. The summed E-state index contributed by atoms with van der Waals surface area (Å²) in [4.78, 5) is 0. The first-order valence-corrected chi connectivity index (χ1v) is 9.90. The van der Waals surface area contributed by atoms with Gasteiger partial charge in [-0.1, -0.05) is 29.8 Å². The standard InChI is InChI=1S/C17H14ClNO4S2/c1-22-15-5-2-3-6-16(15)23-14-9-8-12(18)11-13(14)19-25(20,21)17-7-4-10-24-17/h2-11,19H,1H3. The maximum absolute atomic E-state index is 12.5. The molecule has 2 aromatic carbocycles. The number of sulfonamides is 1. The summed E-state index contributed by atoms with van der Waals surface area (Å²) in [6, 6.07) is 15.0. The molecule has 0 atom stereocenters. The van der Waals surface area contributed by atoms with Crippen LogP contribution in [-0.4, -0.2) is 15.5 Å². The lowest BCUT2D eigenvalue weighted by molar-refractivity contribution is 0.379. The number of hydrogen-bond acceptors (Lipinski definition) is 5. The van der Waals surface area contributed by atoms with Gasteiger partial charge in [-0.2, -0.15) is 0 Å². The molecule has 0 fully saturated rings. The highest BCUT2D eigenvalue weighted by Gasteiger charge is 2.19. The summed E-state index contributed by atoms with van der Waals surface area (Å²) in [7, 11) is -2.19. The quantitative estimate of drug-likeness (QED) is 0.637. The van der Waals surface area contributed by atoms with Crippen LogP contribution in [0.4, 0.5) is 5.69 Å². The van der Waals surface area contributed by atoms with E-state index in [1.807, 2.05) is 6.07 Å². The van der Waals surface area contributed by atoms with Gasteiger partial charge in [-0.05, 0) is 41.8 Å². The Morgan fingerprint density at radius 2 is 1.76 bits per heavy atom. The molecule has 0 amide bonds. The number of halogens is 1. The van der Waals surface area contributed by atoms with Crippen LogP contribution in [0.1, 0.15) is 0 Å². The Balaban J connectivity index is 1.96. The molecular weight excluding hydrogens is 382 g/mol. The van der Waals surface area contributed by atoms with E-state index in [4.69, 9.17) is 21.1 Å². The molecule has 0 spiro atoms. The van der Waals surface area contributed by atoms with E-state index >= 15 is 0 Å². The van der Waals surface area contributed by atoms with E-state index in [1.54, 1.807) is 41.8 Å². The zero-order chi connectivity index (χ0) is 17.9. The van der Waals surface area contributed by atoms with E-state index in [9.17, 15) is 8.42 Å². The molecule has 0 saturated carbocycles. The average molecular weight is 396 g/mol. The van der Waals surface area contributed by atoms with Crippen LogP contribution in [0.15, 0.2) is 64.2 Å². The van der Waals surface area contributed by atoms with Crippen molar-refractivity contribution < 1.29 is 17.9 Å². The Morgan fingerprint density at radius 3 is 2.44 bits per heavy atom. The Kier molecular flexibility index (Phi) is 5.17. The van der Waals surface area contributed by atoms with Gasteiger partial charge in [-0.25, -0.2) is 8.42 Å². The molecule has 0 aliphatic carbocycles. The number of para-hydroxylation sites is 2. The fourth-order valence-corrected chi connectivity index (χ4v) is 4.33. The van der Waals surface area contributed by atoms with Crippen molar-refractivity contribution in [2.24, 2.45) is 0 Å². The number of thiophene rings is 1. The van der Waals surface area contributed by atoms with E-state index in [0.29, 0.717) is 22.3 Å². The normalized spacial score (nSPS) is 11.1. The van der Waals surface area contributed by atoms with Crippen LogP contribution in [0.25, 0.3) is 0 Å². The third-order valence-electron chi connectivity index (χ3n) is 3.23. The number of ether oxygens (including phenoxy) is 2. The van der Waals surface area contributed by atoms with Crippen LogP contribution in [0.3, 0.4) is 0 Å². The van der Waals surface area contributed by atoms with E-state index in [-0.39, 0.29) is 9.90 Å². The summed E-state index contributed by atoms with van der Waals surface area (Å²) in [6.07, 6.45) is 0. The Labute approximate surface area is 154 Å². The first kappa shape index (κ1) is 17.6. The fourth-order valence-electron chi connectivity index (χ4n) is 2.10. The van der Waals surface area contributed by atoms with Gasteiger partial charge in [-0.15, -0.1) is 11.3 Å². The summed E-state index contributed by atoms with van der Waals surface area (Å²) in [5.74, 6) is 1.31. The van der Waals surface area contributed by atoms with E-state index < -0.39 is 10.0 Å². The van der Waals surface area contributed by atoms with Gasteiger partial charge in [0.15, 0.2) is 17.2 Å². The SMILES string of the molecule is COc1ccccc1Oc1ccc(Cl)cc1NS(=O)(=O)c1cccs1. The number of rotatable bonds is 6. The summed E-state index contributed by atoms with van der Waals surface area (Å²) in [5.41, 5.74) is 0.242. The minimum atomic E-state index is -3.72. The van der Waals surface area contributed by atoms with Crippen LogP contribution in [-0.2, 0) is 10.0 Å². The summed E-state index contributed by atoms with van der Waals surface area (Å²) >= 11 is 7.14. The van der Waals surface area contributed by atoms with E-state index in [2.05, 4.69) is 4.72 Å². The van der Waals surface area contributed by atoms with E-state index in [1.165, 1.54) is 19.2 Å². The van der Waals surface area contributed by atoms with Crippen LogP contribution < -0.4 is 14.2 Å². The molecule has 0 unspecified atom stereocenters. The highest BCUT2D eigenvalue weighted by Crippen LogP contribution is 2.37. The molecule has 0 saturated heterocycles. The van der Waals surface area contributed by atoms with Crippen molar-refractivity contribution in [3.8, 4) is 17.2 Å². The molecule has 0 aliphatic rings. The smallest absolute Gasteiger partial charge is 0.271 e. The predicted molar refractivity (Wildman–Crippen MR) is 99.6 cm³/mol. The summed E-state index contributed by atoms with van der Waals surface area (Å²) < 4.78 is 38.8. The van der Waals surface area contributed by atoms with Gasteiger partial charge in [0.25, 0.3) is 10.0 Å². The van der Waals surface area contributed by atoms with Gasteiger partial charge in [-0.3, -0.25) is 4.72 Å². The molecule has 1 heterocycles. The van der Waals surface area contributed by atoms with Gasteiger partial charge >= 0.3 is 0 Å². The third-order valence-corrected chi connectivity index (χ3v) is 6.23. The van der Waals surface area contributed by atoms with Gasteiger partial charge in [0, 0.05) is 5.02 Å². The van der Waals surface area contributed by atoms with Crippen LogP contribution >= 0.6 is 22.9 Å². The van der Waals surface area contributed by atoms with Crippen molar-refractivity contribution in [1.29, 1.82) is 0 Å². The van der Waals surface area contributed by atoms with Crippen LogP contribution in [0.2, 0.25) is 5.02 Å². The highest BCUT2D eigenvalue weighted by atomic mass is 35.5. The van der Waals surface area contributed by atoms with Gasteiger partial charge in [0.05, 0.1) is 12.8 Å². The fraction of sp³-hybridized carbons (Fsp3) is 0.0588. The number of methoxy groups -OCH3 is 1. The first-order chi connectivity index (χ1) is 12.0. The Morgan fingerprint density at radius 1 is 1.00 bits per heavy atom. The largest absolute Gasteiger partial charge is 0.493 e. The average Bonchev–Trinajstić information content (AvgIpc) is 3.13. The molecule has 25 heavy (non-hydrogen) atoms. The van der Waals surface area contributed by atoms with Crippen LogP contribution in [0.5, 0.6) is 17.2 Å². The number of benzene rings is 2. The zero-order valence-electron chi connectivity index (χ0n) is 13.1. The maximum Gasteiger partial charge on any atom is 0.271 e. The molecular formula is C17H14ClNO4S2. The lowest BCUT2D eigenvalue weighted by Gasteiger charge is -2.15. The Bertz CT molecular complexity index is 972. The Hall–Kier alpha value is -2.22. The third kappa shape index (κ3) is 4.07. The minimum Gasteiger partial charge on any atom is -0.493 e. The number of nitrogens with one attached hydrogen (secondary N) is 1. The maximum atomic E-state index is 12.5. The lowest BCUT2D eigenvalue weighted by Crippen LogP contribution is -2.12. The summed E-state index contributed by atoms with van der Waals surface area (Å²) in [5, 5.41) is 2.08. The molecule has 130 valence electrons. The zero-order valence-corrected chi connectivity index (χ0v) is 15.5. The second-order valence-electron chi connectivity index (χ2n) is 4.93. The van der Waals surface area contributed by atoms with Crippen molar-refractivity contribution in [2.45, 2.75) is 4.21 Å². The molecule has 3 aromatic rings. The number of anilines is 1. The van der Waals surface area contributed by atoms with Gasteiger partial charge in [0.2, 0.25) is 0 Å². The molecule has 8 heteroatoms. The van der Waals surface area contributed by atoms with E-state index in [0.717, 1.165) is 11.3 Å². The minimum absolute atomic E-state index is 0.204. The molecule has 0 radical (unpaired) electrons. The summed E-state index contributed by atoms with van der Waals surface area (Å²) in [6.45, 7) is 0. The van der Waals surface area contributed by atoms with Gasteiger partial charge in [0.1, 0.15) is 4.21 Å². The lowest BCUT2D eigenvalue weighted by atomic mass is 10.3. The monoisotopic (exact) mass is 395 g/mol. The highest BCUT2D eigenvalue weighted by molar-refractivity contribution is 7.94. The number of hydrogen-bond donors (Lipinski definition) is 1. The van der Waals surface area contributed by atoms with Crippen molar-refractivity contribution in [2.75, 3.05) is 11.8 Å². The van der Waals surface area contributed by atoms with Crippen molar-refractivity contribution in [1.82, 2.24) is 0 Å². The topological polar surface area (TPSA) is 64.6 Å². The second-order valence-corrected chi connectivity index (χ2v) is 8.22. The van der Waals surface area contributed by atoms with Crippen molar-refractivity contribution >= 4 is 38.6 Å². The molecule has 5 nitrogen and oxygen atoms in total. The van der Waals surface area contributed by atoms with Crippen molar-refractivity contribution in [3.63, 3.8) is 0 Å². The predicted octanol–water partition coefficient (Wildman–Crippen LogP) is 5.00. The van der Waals surface area contributed by atoms with Gasteiger partial charge < -0.3 is 9.47 Å².